The van der Waals surface area contributed by atoms with E-state index in [0.717, 1.165) is 27.7 Å². The standard InChI is InChI=1S/C26H29ClN4O2/c1-17(2)28-23(32)16-30-11-13-31(14-12-30)26(33)24-18(3)25(19-7-6-8-20(27)15-19)29-22-10-5-4-9-21(22)24/h4-10,15,17H,11-14,16H2,1-3H3,(H,28,32). The second-order valence-corrected chi connectivity index (χ2v) is 9.21. The summed E-state index contributed by atoms with van der Waals surface area (Å²) in [6.45, 7) is 8.71. The summed E-state index contributed by atoms with van der Waals surface area (Å²) < 4.78 is 0. The molecule has 1 fully saturated rings. The molecule has 2 amide bonds. The Morgan fingerprint density at radius 3 is 2.48 bits per heavy atom. The maximum absolute atomic E-state index is 13.7. The van der Waals surface area contributed by atoms with Crippen LogP contribution in [0.15, 0.2) is 48.5 Å². The van der Waals surface area contributed by atoms with E-state index in [9.17, 15) is 9.59 Å². The van der Waals surface area contributed by atoms with E-state index in [-0.39, 0.29) is 17.9 Å². The average Bonchev–Trinajstić information content (AvgIpc) is 2.78. The number of pyridine rings is 1. The number of carbonyl (C=O) groups is 2. The van der Waals surface area contributed by atoms with Crippen molar-refractivity contribution in [1.29, 1.82) is 0 Å². The molecule has 0 unspecified atom stereocenters. The number of para-hydroxylation sites is 1. The fourth-order valence-electron chi connectivity index (χ4n) is 4.34. The Kier molecular flexibility index (Phi) is 6.96. The number of amides is 2. The molecule has 0 spiro atoms. The summed E-state index contributed by atoms with van der Waals surface area (Å²) in [7, 11) is 0. The number of benzene rings is 2. The number of hydrogen-bond acceptors (Lipinski definition) is 4. The minimum atomic E-state index is 0.000611. The molecular formula is C26H29ClN4O2. The number of rotatable bonds is 5. The first kappa shape index (κ1) is 23.2. The van der Waals surface area contributed by atoms with Crippen LogP contribution in [0.1, 0.15) is 29.8 Å². The molecule has 0 bridgehead atoms. The monoisotopic (exact) mass is 464 g/mol. The average molecular weight is 465 g/mol. The third-order valence-electron chi connectivity index (χ3n) is 5.92. The lowest BCUT2D eigenvalue weighted by Crippen LogP contribution is -2.51. The lowest BCUT2D eigenvalue weighted by atomic mass is 9.96. The van der Waals surface area contributed by atoms with Crippen molar-refractivity contribution in [3.63, 3.8) is 0 Å². The number of fused-ring (bicyclic) bond motifs is 1. The van der Waals surface area contributed by atoms with E-state index in [1.54, 1.807) is 0 Å². The van der Waals surface area contributed by atoms with Crippen LogP contribution < -0.4 is 5.32 Å². The SMILES string of the molecule is Cc1c(-c2cccc(Cl)c2)nc2ccccc2c1C(=O)N1CCN(CC(=O)NC(C)C)CC1. The smallest absolute Gasteiger partial charge is 0.254 e. The Labute approximate surface area is 199 Å². The van der Waals surface area contributed by atoms with Crippen molar-refractivity contribution in [2.45, 2.75) is 26.8 Å². The number of nitrogens with one attached hydrogen (secondary N) is 1. The predicted octanol–water partition coefficient (Wildman–Crippen LogP) is 4.15. The molecule has 7 heteroatoms. The highest BCUT2D eigenvalue weighted by Gasteiger charge is 2.27. The van der Waals surface area contributed by atoms with Gasteiger partial charge in [-0.15, -0.1) is 0 Å². The maximum Gasteiger partial charge on any atom is 0.254 e. The van der Waals surface area contributed by atoms with Gasteiger partial charge in [0.15, 0.2) is 0 Å². The highest BCUT2D eigenvalue weighted by atomic mass is 35.5. The van der Waals surface area contributed by atoms with Gasteiger partial charge in [0.2, 0.25) is 5.91 Å². The van der Waals surface area contributed by atoms with Gasteiger partial charge < -0.3 is 10.2 Å². The summed E-state index contributed by atoms with van der Waals surface area (Å²) >= 11 is 6.23. The second kappa shape index (κ2) is 9.89. The Morgan fingerprint density at radius 1 is 1.06 bits per heavy atom. The molecule has 0 saturated carbocycles. The van der Waals surface area contributed by atoms with Gasteiger partial charge in [0.1, 0.15) is 0 Å². The van der Waals surface area contributed by atoms with E-state index in [1.807, 2.05) is 74.2 Å². The zero-order valence-electron chi connectivity index (χ0n) is 19.3. The van der Waals surface area contributed by atoms with E-state index in [1.165, 1.54) is 0 Å². The van der Waals surface area contributed by atoms with Crippen LogP contribution in [0.2, 0.25) is 5.02 Å². The Balaban J connectivity index is 1.61. The first-order valence-electron chi connectivity index (χ1n) is 11.3. The van der Waals surface area contributed by atoms with Crippen molar-refractivity contribution in [3.8, 4) is 11.3 Å². The number of carbonyl (C=O) groups excluding carboxylic acids is 2. The van der Waals surface area contributed by atoms with Crippen LogP contribution in [0.4, 0.5) is 0 Å². The summed E-state index contributed by atoms with van der Waals surface area (Å²) in [5.74, 6) is 0.0209. The molecule has 6 nitrogen and oxygen atoms in total. The van der Waals surface area contributed by atoms with Crippen LogP contribution in [0.3, 0.4) is 0 Å². The normalized spacial score (nSPS) is 14.6. The molecule has 0 atom stereocenters. The van der Waals surface area contributed by atoms with Gasteiger partial charge >= 0.3 is 0 Å². The number of halogens is 1. The molecule has 4 rings (SSSR count). The lowest BCUT2D eigenvalue weighted by Gasteiger charge is -2.35. The summed E-state index contributed by atoms with van der Waals surface area (Å²) in [6.07, 6.45) is 0. The van der Waals surface area contributed by atoms with Gasteiger partial charge in [-0.2, -0.15) is 0 Å². The maximum atomic E-state index is 13.7. The quantitative estimate of drug-likeness (QED) is 0.616. The summed E-state index contributed by atoms with van der Waals surface area (Å²) in [4.78, 5) is 34.7. The molecule has 172 valence electrons. The fraction of sp³-hybridized carbons (Fsp3) is 0.346. The summed E-state index contributed by atoms with van der Waals surface area (Å²) in [5.41, 5.74) is 3.97. The van der Waals surface area contributed by atoms with Gasteiger partial charge in [0.25, 0.3) is 5.91 Å². The molecule has 2 aromatic carbocycles. The van der Waals surface area contributed by atoms with E-state index in [2.05, 4.69) is 10.2 Å². The molecular weight excluding hydrogens is 436 g/mol. The van der Waals surface area contributed by atoms with Crippen molar-refractivity contribution >= 4 is 34.3 Å². The molecule has 1 saturated heterocycles. The van der Waals surface area contributed by atoms with Crippen molar-refractivity contribution in [2.24, 2.45) is 0 Å². The molecule has 0 radical (unpaired) electrons. The van der Waals surface area contributed by atoms with Gasteiger partial charge in [0.05, 0.1) is 23.3 Å². The largest absolute Gasteiger partial charge is 0.353 e. The predicted molar refractivity (Wildman–Crippen MR) is 133 cm³/mol. The molecule has 3 aromatic rings. The van der Waals surface area contributed by atoms with E-state index in [4.69, 9.17) is 16.6 Å². The van der Waals surface area contributed by atoms with E-state index in [0.29, 0.717) is 43.3 Å². The van der Waals surface area contributed by atoms with Crippen LogP contribution in [0.5, 0.6) is 0 Å². The first-order valence-corrected chi connectivity index (χ1v) is 11.7. The Hall–Kier alpha value is -2.96. The minimum absolute atomic E-state index is 0.000611. The molecule has 1 aliphatic heterocycles. The number of aromatic nitrogens is 1. The zero-order chi connectivity index (χ0) is 23.5. The van der Waals surface area contributed by atoms with E-state index < -0.39 is 0 Å². The van der Waals surface area contributed by atoms with Crippen molar-refractivity contribution in [2.75, 3.05) is 32.7 Å². The molecule has 1 aliphatic rings. The van der Waals surface area contributed by atoms with Gasteiger partial charge in [0, 0.05) is 48.2 Å². The zero-order valence-corrected chi connectivity index (χ0v) is 20.0. The molecule has 0 aliphatic carbocycles. The number of nitrogens with zero attached hydrogens (tertiary/aromatic N) is 3. The van der Waals surface area contributed by atoms with Crippen molar-refractivity contribution in [1.82, 2.24) is 20.1 Å². The van der Waals surface area contributed by atoms with Crippen molar-refractivity contribution in [3.05, 3.63) is 64.7 Å². The van der Waals surface area contributed by atoms with Gasteiger partial charge in [-0.1, -0.05) is 41.9 Å². The van der Waals surface area contributed by atoms with E-state index >= 15 is 0 Å². The molecule has 33 heavy (non-hydrogen) atoms. The van der Waals surface area contributed by atoms with Crippen LogP contribution >= 0.6 is 11.6 Å². The van der Waals surface area contributed by atoms with Gasteiger partial charge in [-0.3, -0.25) is 14.5 Å². The highest BCUT2D eigenvalue weighted by Crippen LogP contribution is 2.31. The molecule has 1 N–H and O–H groups in total. The van der Waals surface area contributed by atoms with Crippen LogP contribution in [0, 0.1) is 6.92 Å². The second-order valence-electron chi connectivity index (χ2n) is 8.78. The third kappa shape index (κ3) is 5.18. The topological polar surface area (TPSA) is 65.5 Å². The fourth-order valence-corrected chi connectivity index (χ4v) is 4.53. The Morgan fingerprint density at radius 2 is 1.79 bits per heavy atom. The summed E-state index contributed by atoms with van der Waals surface area (Å²) in [6, 6.07) is 15.4. The number of hydrogen-bond donors (Lipinski definition) is 1. The van der Waals surface area contributed by atoms with Gasteiger partial charge in [-0.25, -0.2) is 4.98 Å². The number of piperazine rings is 1. The summed E-state index contributed by atoms with van der Waals surface area (Å²) in [5, 5.41) is 4.41. The van der Waals surface area contributed by atoms with Crippen LogP contribution in [0.25, 0.3) is 22.2 Å². The molecule has 1 aromatic heterocycles. The van der Waals surface area contributed by atoms with Crippen molar-refractivity contribution < 1.29 is 9.59 Å². The Bertz CT molecular complexity index is 1190. The first-order chi connectivity index (χ1) is 15.8. The highest BCUT2D eigenvalue weighted by molar-refractivity contribution is 6.30. The van der Waals surface area contributed by atoms with Gasteiger partial charge in [-0.05, 0) is 44.5 Å². The van der Waals surface area contributed by atoms with Crippen LogP contribution in [-0.2, 0) is 4.79 Å². The molecule has 2 heterocycles. The van der Waals surface area contributed by atoms with Crippen LogP contribution in [-0.4, -0.2) is 65.4 Å². The third-order valence-corrected chi connectivity index (χ3v) is 6.16. The lowest BCUT2D eigenvalue weighted by molar-refractivity contribution is -0.123. The minimum Gasteiger partial charge on any atom is -0.353 e.